The van der Waals surface area contributed by atoms with Gasteiger partial charge in [-0.05, 0) is 25.7 Å². The summed E-state index contributed by atoms with van der Waals surface area (Å²) in [7, 11) is 0. The molecule has 1 aromatic heterocycles. The highest BCUT2D eigenvalue weighted by molar-refractivity contribution is 7.13. The quantitative estimate of drug-likeness (QED) is 0.677. The van der Waals surface area contributed by atoms with Crippen LogP contribution in [0.25, 0.3) is 10.6 Å². The second-order valence-electron chi connectivity index (χ2n) is 5.44. The van der Waals surface area contributed by atoms with E-state index >= 15 is 0 Å². The first kappa shape index (κ1) is 14.6. The Morgan fingerprint density at radius 1 is 1.50 bits per heavy atom. The number of carbonyl (C=O) groups excluding carboxylic acids is 1. The Kier molecular flexibility index (Phi) is 3.89. The normalized spacial score (nSPS) is 15.3. The molecule has 1 aliphatic rings. The van der Waals surface area contributed by atoms with Crippen molar-refractivity contribution < 1.29 is 9.72 Å². The molecule has 0 saturated heterocycles. The van der Waals surface area contributed by atoms with Crippen LogP contribution in [0.5, 0.6) is 0 Å². The van der Waals surface area contributed by atoms with Gasteiger partial charge in [0, 0.05) is 29.1 Å². The second kappa shape index (κ2) is 5.84. The molecule has 1 saturated carbocycles. The molecule has 1 atom stereocenters. The Morgan fingerprint density at radius 2 is 2.27 bits per heavy atom. The fourth-order valence-electron chi connectivity index (χ4n) is 2.26. The van der Waals surface area contributed by atoms with Crippen molar-refractivity contribution in [3.63, 3.8) is 0 Å². The van der Waals surface area contributed by atoms with Crippen molar-refractivity contribution >= 4 is 22.9 Å². The lowest BCUT2D eigenvalue weighted by atomic mass is 10.2. The molecule has 1 aromatic carbocycles. The summed E-state index contributed by atoms with van der Waals surface area (Å²) in [6, 6.07) is 6.43. The Morgan fingerprint density at radius 3 is 2.95 bits per heavy atom. The van der Waals surface area contributed by atoms with E-state index in [1.807, 2.05) is 6.92 Å². The molecule has 0 unspecified atom stereocenters. The molecule has 0 aliphatic heterocycles. The third kappa shape index (κ3) is 3.14. The second-order valence-corrected chi connectivity index (χ2v) is 6.30. The molecule has 7 heteroatoms. The van der Waals surface area contributed by atoms with E-state index in [0.717, 1.165) is 12.8 Å². The summed E-state index contributed by atoms with van der Waals surface area (Å²) in [6.45, 7) is 2.00. The van der Waals surface area contributed by atoms with Crippen LogP contribution >= 0.6 is 11.3 Å². The number of nitrogens with zero attached hydrogens (tertiary/aromatic N) is 2. The number of aromatic nitrogens is 1. The predicted molar refractivity (Wildman–Crippen MR) is 83.9 cm³/mol. The molecule has 1 amide bonds. The number of amides is 1. The molecule has 1 heterocycles. The van der Waals surface area contributed by atoms with Crippen molar-refractivity contribution in [3.05, 3.63) is 45.5 Å². The van der Waals surface area contributed by atoms with E-state index in [1.54, 1.807) is 17.5 Å². The van der Waals surface area contributed by atoms with E-state index in [-0.39, 0.29) is 17.6 Å². The van der Waals surface area contributed by atoms with Crippen LogP contribution in [-0.4, -0.2) is 21.9 Å². The fourth-order valence-corrected chi connectivity index (χ4v) is 3.06. The van der Waals surface area contributed by atoms with Gasteiger partial charge in [-0.3, -0.25) is 14.9 Å². The van der Waals surface area contributed by atoms with Gasteiger partial charge in [0.2, 0.25) is 0 Å². The zero-order valence-corrected chi connectivity index (χ0v) is 12.8. The summed E-state index contributed by atoms with van der Waals surface area (Å²) >= 11 is 1.31. The molecule has 22 heavy (non-hydrogen) atoms. The Labute approximate surface area is 131 Å². The van der Waals surface area contributed by atoms with Crippen LogP contribution in [0.4, 0.5) is 5.69 Å². The van der Waals surface area contributed by atoms with Crippen LogP contribution in [0.2, 0.25) is 0 Å². The number of thiazole rings is 1. The molecular formula is C15H15N3O3S. The Hall–Kier alpha value is -2.28. The van der Waals surface area contributed by atoms with Gasteiger partial charge in [0.25, 0.3) is 11.6 Å². The molecule has 0 spiro atoms. The first-order valence-corrected chi connectivity index (χ1v) is 7.94. The first-order valence-electron chi connectivity index (χ1n) is 7.06. The number of benzene rings is 1. The van der Waals surface area contributed by atoms with E-state index in [4.69, 9.17) is 0 Å². The van der Waals surface area contributed by atoms with Gasteiger partial charge < -0.3 is 5.32 Å². The van der Waals surface area contributed by atoms with Gasteiger partial charge in [0.05, 0.1) is 4.92 Å². The van der Waals surface area contributed by atoms with Crippen molar-refractivity contribution in [2.24, 2.45) is 5.92 Å². The van der Waals surface area contributed by atoms with E-state index in [2.05, 4.69) is 10.3 Å². The molecule has 1 fully saturated rings. The van der Waals surface area contributed by atoms with Crippen molar-refractivity contribution in [2.75, 3.05) is 0 Å². The maximum Gasteiger partial charge on any atom is 0.270 e. The average Bonchev–Trinajstić information content (AvgIpc) is 3.24. The lowest BCUT2D eigenvalue weighted by Gasteiger charge is -2.10. The zero-order chi connectivity index (χ0) is 15.7. The lowest BCUT2D eigenvalue weighted by Crippen LogP contribution is -2.34. The molecule has 6 nitrogen and oxygen atoms in total. The maximum absolute atomic E-state index is 12.1. The SMILES string of the molecule is C[C@@H](NC(=O)c1csc(-c2cccc([N+](=O)[O-])c2)n1)C1CC1. The fraction of sp³-hybridized carbons (Fsp3) is 0.333. The highest BCUT2D eigenvalue weighted by Gasteiger charge is 2.29. The first-order chi connectivity index (χ1) is 10.5. The van der Waals surface area contributed by atoms with E-state index in [9.17, 15) is 14.9 Å². The molecule has 1 N–H and O–H groups in total. The van der Waals surface area contributed by atoms with Gasteiger partial charge in [-0.25, -0.2) is 4.98 Å². The largest absolute Gasteiger partial charge is 0.348 e. The zero-order valence-electron chi connectivity index (χ0n) is 12.0. The van der Waals surface area contributed by atoms with Crippen LogP contribution in [0.1, 0.15) is 30.3 Å². The van der Waals surface area contributed by atoms with Gasteiger partial charge in [0.1, 0.15) is 10.7 Å². The molecular weight excluding hydrogens is 302 g/mol. The minimum atomic E-state index is -0.442. The number of rotatable bonds is 5. The number of carbonyl (C=O) groups is 1. The number of nitrogens with one attached hydrogen (secondary N) is 1. The number of hydrogen-bond acceptors (Lipinski definition) is 5. The maximum atomic E-state index is 12.1. The lowest BCUT2D eigenvalue weighted by molar-refractivity contribution is -0.384. The van der Waals surface area contributed by atoms with Crippen molar-refractivity contribution in [2.45, 2.75) is 25.8 Å². The topological polar surface area (TPSA) is 85.1 Å². The monoisotopic (exact) mass is 317 g/mol. The van der Waals surface area contributed by atoms with E-state index < -0.39 is 4.92 Å². The van der Waals surface area contributed by atoms with Crippen LogP contribution < -0.4 is 5.32 Å². The molecule has 0 radical (unpaired) electrons. The number of nitro groups is 1. The Bertz CT molecular complexity index is 724. The number of non-ortho nitro benzene ring substituents is 1. The number of hydrogen-bond donors (Lipinski definition) is 1. The summed E-state index contributed by atoms with van der Waals surface area (Å²) in [6.07, 6.45) is 2.33. The highest BCUT2D eigenvalue weighted by atomic mass is 32.1. The highest BCUT2D eigenvalue weighted by Crippen LogP contribution is 2.32. The van der Waals surface area contributed by atoms with Crippen LogP contribution in [0, 0.1) is 16.0 Å². The standard InChI is InChI=1S/C15H15N3O3S/c1-9(10-5-6-10)16-14(19)13-8-22-15(17-13)11-3-2-4-12(7-11)18(20)21/h2-4,7-10H,5-6H2,1H3,(H,16,19)/t9-/m1/s1. The Balaban J connectivity index is 1.76. The minimum absolute atomic E-state index is 0.0149. The third-order valence-electron chi connectivity index (χ3n) is 3.73. The smallest absolute Gasteiger partial charge is 0.270 e. The van der Waals surface area contributed by atoms with Crippen LogP contribution in [-0.2, 0) is 0 Å². The predicted octanol–water partition coefficient (Wildman–Crippen LogP) is 3.25. The van der Waals surface area contributed by atoms with Gasteiger partial charge in [0.15, 0.2) is 0 Å². The van der Waals surface area contributed by atoms with Crippen molar-refractivity contribution in [1.82, 2.24) is 10.3 Å². The minimum Gasteiger partial charge on any atom is -0.348 e. The molecule has 3 rings (SSSR count). The van der Waals surface area contributed by atoms with Crippen LogP contribution in [0.15, 0.2) is 29.6 Å². The summed E-state index contributed by atoms with van der Waals surface area (Å²) in [5.41, 5.74) is 1.02. The summed E-state index contributed by atoms with van der Waals surface area (Å²) in [4.78, 5) is 26.8. The number of nitro benzene ring substituents is 1. The molecule has 114 valence electrons. The molecule has 1 aliphatic carbocycles. The van der Waals surface area contributed by atoms with Crippen LogP contribution in [0.3, 0.4) is 0 Å². The average molecular weight is 317 g/mol. The summed E-state index contributed by atoms with van der Waals surface area (Å²) < 4.78 is 0. The van der Waals surface area contributed by atoms with Crippen molar-refractivity contribution in [1.29, 1.82) is 0 Å². The van der Waals surface area contributed by atoms with Crippen molar-refractivity contribution in [3.8, 4) is 10.6 Å². The van der Waals surface area contributed by atoms with Gasteiger partial charge in [-0.15, -0.1) is 11.3 Å². The van der Waals surface area contributed by atoms with E-state index in [1.165, 1.54) is 23.5 Å². The van der Waals surface area contributed by atoms with Gasteiger partial charge in [-0.2, -0.15) is 0 Å². The van der Waals surface area contributed by atoms with Gasteiger partial charge in [-0.1, -0.05) is 12.1 Å². The summed E-state index contributed by atoms with van der Waals surface area (Å²) in [5, 5.41) is 16.1. The van der Waals surface area contributed by atoms with Gasteiger partial charge >= 0.3 is 0 Å². The molecule has 0 bridgehead atoms. The summed E-state index contributed by atoms with van der Waals surface area (Å²) in [5.74, 6) is 0.395. The third-order valence-corrected chi connectivity index (χ3v) is 4.62. The molecule has 2 aromatic rings. The van der Waals surface area contributed by atoms with E-state index in [0.29, 0.717) is 22.2 Å².